The third-order valence-electron chi connectivity index (χ3n) is 1.92. The fourth-order valence-electron chi connectivity index (χ4n) is 1.13. The number of hydrogen-bond donors (Lipinski definition) is 0. The molecule has 0 aromatic heterocycles. The Morgan fingerprint density at radius 1 is 1.41 bits per heavy atom. The lowest BCUT2D eigenvalue weighted by molar-refractivity contribution is -0.137. The Hall–Kier alpha value is -0.330. The topological polar surface area (TPSA) is 43.4 Å². The number of hydrogen-bond acceptors (Lipinski definition) is 6. The number of rotatable bonds is 6. The number of esters is 1. The molecule has 3 nitrogen and oxygen atoms in total. The maximum absolute atomic E-state index is 11.0. The Kier molecular flexibility index (Phi) is 6.84. The monoisotopic (exact) mass is 290 g/mol. The molecule has 2 atom stereocenters. The standard InChI is InChI=1S/C11H14O3S3/c1-3-9(12)14-5-8-6-16-11(17-8)7-15-10(13)4-2/h3-4,8,11H,1-2,5-7H2. The van der Waals surface area contributed by atoms with Crippen molar-refractivity contribution in [1.29, 1.82) is 0 Å². The van der Waals surface area contributed by atoms with Gasteiger partial charge in [-0.3, -0.25) is 4.79 Å². The molecular weight excluding hydrogens is 276 g/mol. The second-order valence-corrected chi connectivity index (χ2v) is 7.26. The van der Waals surface area contributed by atoms with Gasteiger partial charge in [0.2, 0.25) is 5.12 Å². The predicted octanol–water partition coefficient (Wildman–Crippen LogP) is 2.34. The minimum Gasteiger partial charge on any atom is -0.461 e. The Morgan fingerprint density at radius 2 is 2.18 bits per heavy atom. The first-order chi connectivity index (χ1) is 8.15. The lowest BCUT2D eigenvalue weighted by Crippen LogP contribution is -2.14. The van der Waals surface area contributed by atoms with Gasteiger partial charge in [-0.1, -0.05) is 24.9 Å². The van der Waals surface area contributed by atoms with E-state index in [-0.39, 0.29) is 11.1 Å². The molecule has 0 aliphatic carbocycles. The van der Waals surface area contributed by atoms with Crippen molar-refractivity contribution in [3.63, 3.8) is 0 Å². The summed E-state index contributed by atoms with van der Waals surface area (Å²) in [5.41, 5.74) is 0. The first-order valence-electron chi connectivity index (χ1n) is 5.01. The van der Waals surface area contributed by atoms with Crippen molar-refractivity contribution in [2.24, 2.45) is 0 Å². The summed E-state index contributed by atoms with van der Waals surface area (Å²) in [7, 11) is 0. The van der Waals surface area contributed by atoms with Crippen LogP contribution in [0.1, 0.15) is 0 Å². The highest BCUT2D eigenvalue weighted by atomic mass is 32.2. The van der Waals surface area contributed by atoms with E-state index in [4.69, 9.17) is 4.74 Å². The number of thioether (sulfide) groups is 3. The van der Waals surface area contributed by atoms with Crippen molar-refractivity contribution in [1.82, 2.24) is 0 Å². The zero-order valence-electron chi connectivity index (χ0n) is 9.29. The van der Waals surface area contributed by atoms with Crippen molar-refractivity contribution < 1.29 is 14.3 Å². The second kappa shape index (κ2) is 7.89. The van der Waals surface area contributed by atoms with Gasteiger partial charge in [0, 0.05) is 22.8 Å². The molecule has 6 heteroatoms. The van der Waals surface area contributed by atoms with Crippen LogP contribution in [0.5, 0.6) is 0 Å². The number of ether oxygens (including phenoxy) is 1. The summed E-state index contributed by atoms with van der Waals surface area (Å²) >= 11 is 4.84. The second-order valence-electron chi connectivity index (χ2n) is 3.19. The molecule has 0 bridgehead atoms. The van der Waals surface area contributed by atoms with Gasteiger partial charge in [0.15, 0.2) is 0 Å². The van der Waals surface area contributed by atoms with Crippen LogP contribution in [0.2, 0.25) is 0 Å². The third-order valence-corrected chi connectivity index (χ3v) is 6.54. The first kappa shape index (κ1) is 14.7. The van der Waals surface area contributed by atoms with E-state index in [1.54, 1.807) is 23.5 Å². The van der Waals surface area contributed by atoms with Crippen LogP contribution in [0, 0.1) is 0 Å². The quantitative estimate of drug-likeness (QED) is 0.552. The van der Waals surface area contributed by atoms with Crippen LogP contribution in [-0.2, 0) is 14.3 Å². The highest BCUT2D eigenvalue weighted by Crippen LogP contribution is 2.39. The SMILES string of the molecule is C=CC(=O)OCC1CSC(CSC(=O)C=C)S1. The van der Waals surface area contributed by atoms with Crippen LogP contribution >= 0.6 is 35.3 Å². The Balaban J connectivity index is 2.18. The van der Waals surface area contributed by atoms with E-state index in [1.807, 2.05) is 0 Å². The molecule has 0 spiro atoms. The molecule has 0 saturated carbocycles. The fraction of sp³-hybridized carbons (Fsp3) is 0.455. The van der Waals surface area contributed by atoms with E-state index in [0.29, 0.717) is 16.4 Å². The molecule has 94 valence electrons. The average molecular weight is 290 g/mol. The summed E-state index contributed by atoms with van der Waals surface area (Å²) in [6, 6.07) is 0. The van der Waals surface area contributed by atoms with Crippen LogP contribution in [0.25, 0.3) is 0 Å². The lowest BCUT2D eigenvalue weighted by Gasteiger charge is -2.09. The maximum Gasteiger partial charge on any atom is 0.330 e. The molecule has 0 aromatic rings. The smallest absolute Gasteiger partial charge is 0.330 e. The van der Waals surface area contributed by atoms with Gasteiger partial charge in [-0.05, 0) is 6.08 Å². The molecule has 0 radical (unpaired) electrons. The molecule has 1 saturated heterocycles. The summed E-state index contributed by atoms with van der Waals surface area (Å²) in [6.45, 7) is 7.19. The summed E-state index contributed by atoms with van der Waals surface area (Å²) in [5, 5.41) is 0.320. The highest BCUT2D eigenvalue weighted by molar-refractivity contribution is 8.22. The van der Waals surface area contributed by atoms with E-state index in [2.05, 4.69) is 13.2 Å². The summed E-state index contributed by atoms with van der Waals surface area (Å²) < 4.78 is 5.37. The predicted molar refractivity (Wildman–Crippen MR) is 76.4 cm³/mol. The van der Waals surface area contributed by atoms with Crippen molar-refractivity contribution in [2.75, 3.05) is 18.1 Å². The molecule has 1 aliphatic rings. The largest absolute Gasteiger partial charge is 0.461 e. The minimum atomic E-state index is -0.379. The van der Waals surface area contributed by atoms with Crippen molar-refractivity contribution in [2.45, 2.75) is 9.83 Å². The summed E-state index contributed by atoms with van der Waals surface area (Å²) in [5.74, 6) is 1.34. The van der Waals surface area contributed by atoms with Crippen molar-refractivity contribution in [3.8, 4) is 0 Å². The van der Waals surface area contributed by atoms with Crippen LogP contribution in [0.3, 0.4) is 0 Å². The van der Waals surface area contributed by atoms with Crippen molar-refractivity contribution in [3.05, 3.63) is 25.3 Å². The Bertz CT molecular complexity index is 287. The normalized spacial score (nSPS) is 23.1. The Labute approximate surface area is 114 Å². The van der Waals surface area contributed by atoms with Crippen LogP contribution in [-0.4, -0.2) is 39.0 Å². The van der Waals surface area contributed by atoms with Crippen molar-refractivity contribution >= 4 is 46.4 Å². The van der Waals surface area contributed by atoms with E-state index in [1.165, 1.54) is 23.9 Å². The van der Waals surface area contributed by atoms with Gasteiger partial charge in [-0.15, -0.1) is 23.5 Å². The van der Waals surface area contributed by atoms with Gasteiger partial charge >= 0.3 is 5.97 Å². The molecule has 0 N–H and O–H groups in total. The summed E-state index contributed by atoms with van der Waals surface area (Å²) in [6.07, 6.45) is 2.50. The van der Waals surface area contributed by atoms with Gasteiger partial charge in [0.1, 0.15) is 6.61 Å². The highest BCUT2D eigenvalue weighted by Gasteiger charge is 2.27. The van der Waals surface area contributed by atoms with Gasteiger partial charge in [0.25, 0.3) is 0 Å². The Morgan fingerprint density at radius 3 is 2.82 bits per heavy atom. The van der Waals surface area contributed by atoms with E-state index in [0.717, 1.165) is 11.5 Å². The molecule has 17 heavy (non-hydrogen) atoms. The van der Waals surface area contributed by atoms with Gasteiger partial charge < -0.3 is 4.74 Å². The average Bonchev–Trinajstić information content (AvgIpc) is 2.80. The third kappa shape index (κ3) is 5.70. The van der Waals surface area contributed by atoms with Crippen LogP contribution in [0.4, 0.5) is 0 Å². The summed E-state index contributed by atoms with van der Waals surface area (Å²) in [4.78, 5) is 21.9. The van der Waals surface area contributed by atoms with E-state index in [9.17, 15) is 9.59 Å². The van der Waals surface area contributed by atoms with Crippen LogP contribution in [0.15, 0.2) is 25.3 Å². The minimum absolute atomic E-state index is 0.00716. The lowest BCUT2D eigenvalue weighted by atomic mass is 10.5. The maximum atomic E-state index is 11.0. The first-order valence-corrected chi connectivity index (χ1v) is 7.99. The molecule has 0 amide bonds. The number of carbonyl (C=O) groups is 2. The zero-order chi connectivity index (χ0) is 12.7. The molecule has 1 aliphatic heterocycles. The molecule has 0 aromatic carbocycles. The molecular formula is C11H14O3S3. The molecule has 1 fully saturated rings. The molecule has 1 heterocycles. The van der Waals surface area contributed by atoms with E-state index >= 15 is 0 Å². The fourth-order valence-corrected chi connectivity index (χ4v) is 5.32. The molecule has 2 unspecified atom stereocenters. The van der Waals surface area contributed by atoms with Gasteiger partial charge in [-0.25, -0.2) is 4.79 Å². The van der Waals surface area contributed by atoms with E-state index < -0.39 is 0 Å². The van der Waals surface area contributed by atoms with Gasteiger partial charge in [0.05, 0.1) is 4.58 Å². The van der Waals surface area contributed by atoms with Crippen LogP contribution < -0.4 is 0 Å². The van der Waals surface area contributed by atoms with Gasteiger partial charge in [-0.2, -0.15) is 0 Å². The molecule has 1 rings (SSSR count). The number of carbonyl (C=O) groups excluding carboxylic acids is 2. The zero-order valence-corrected chi connectivity index (χ0v) is 11.7.